The van der Waals surface area contributed by atoms with Crippen molar-refractivity contribution in [2.45, 2.75) is 25.3 Å². The van der Waals surface area contributed by atoms with Crippen LogP contribution in [0.4, 0.5) is 0 Å². The van der Waals surface area contributed by atoms with E-state index in [-0.39, 0.29) is 11.4 Å². The molecular formula is C10H15N3O. The van der Waals surface area contributed by atoms with Crippen LogP contribution in [0.25, 0.3) is 0 Å². The highest BCUT2D eigenvalue weighted by molar-refractivity contribution is 5.88. The maximum atomic E-state index is 8.80. The van der Waals surface area contributed by atoms with Crippen LogP contribution in [0, 0.1) is 5.92 Å². The van der Waals surface area contributed by atoms with Crippen molar-refractivity contribution in [2.75, 3.05) is 0 Å². The molecule has 1 aromatic rings. The largest absolute Gasteiger partial charge is 0.409 e. The number of hydrogen-bond donors (Lipinski definition) is 2. The molecule has 0 bridgehead atoms. The number of amidine groups is 1. The molecule has 3 N–H and O–H groups in total. The normalized spacial score (nSPS) is 21.9. The molecule has 76 valence electrons. The van der Waals surface area contributed by atoms with Crippen molar-refractivity contribution in [1.82, 2.24) is 4.57 Å². The Bertz CT molecular complexity index is 340. The molecule has 14 heavy (non-hydrogen) atoms. The summed E-state index contributed by atoms with van der Waals surface area (Å²) in [5.41, 5.74) is 5.40. The molecule has 1 atom stereocenters. The van der Waals surface area contributed by atoms with Crippen LogP contribution < -0.4 is 5.73 Å². The third-order valence-corrected chi connectivity index (χ3v) is 3.14. The number of nitrogens with two attached hydrogens (primary N) is 1. The summed E-state index contributed by atoms with van der Waals surface area (Å²) in [4.78, 5) is 0. The lowest BCUT2D eigenvalue weighted by molar-refractivity contribution is 0.296. The van der Waals surface area contributed by atoms with Crippen LogP contribution in [0.5, 0.6) is 0 Å². The van der Waals surface area contributed by atoms with E-state index in [1.807, 2.05) is 36.0 Å². The van der Waals surface area contributed by atoms with E-state index >= 15 is 0 Å². The van der Waals surface area contributed by atoms with Crippen LogP contribution in [-0.2, 0) is 5.54 Å². The maximum absolute atomic E-state index is 8.80. The van der Waals surface area contributed by atoms with Gasteiger partial charge in [0.1, 0.15) is 5.54 Å². The van der Waals surface area contributed by atoms with Gasteiger partial charge in [-0.15, -0.1) is 0 Å². The zero-order chi connectivity index (χ0) is 10.2. The van der Waals surface area contributed by atoms with Gasteiger partial charge in [-0.05, 0) is 37.8 Å². The van der Waals surface area contributed by atoms with Crippen molar-refractivity contribution >= 4 is 5.84 Å². The van der Waals surface area contributed by atoms with Crippen LogP contribution in [0.15, 0.2) is 29.7 Å². The summed E-state index contributed by atoms with van der Waals surface area (Å²) in [6.07, 6.45) is 6.20. The molecule has 1 saturated carbocycles. The first-order chi connectivity index (χ1) is 6.69. The minimum absolute atomic E-state index is 0.288. The summed E-state index contributed by atoms with van der Waals surface area (Å²) < 4.78 is 2.01. The molecule has 0 amide bonds. The van der Waals surface area contributed by atoms with Gasteiger partial charge >= 0.3 is 0 Å². The van der Waals surface area contributed by atoms with Gasteiger partial charge in [0.2, 0.25) is 0 Å². The van der Waals surface area contributed by atoms with Crippen molar-refractivity contribution in [2.24, 2.45) is 16.8 Å². The Balaban J connectivity index is 2.40. The first-order valence-corrected chi connectivity index (χ1v) is 4.81. The zero-order valence-electron chi connectivity index (χ0n) is 8.22. The molecule has 0 spiro atoms. The molecule has 4 heteroatoms. The molecule has 2 rings (SSSR count). The second-order valence-corrected chi connectivity index (χ2v) is 4.00. The van der Waals surface area contributed by atoms with Gasteiger partial charge in [0.15, 0.2) is 5.84 Å². The molecule has 1 aromatic heterocycles. The van der Waals surface area contributed by atoms with Crippen LogP contribution in [0.3, 0.4) is 0 Å². The molecule has 0 radical (unpaired) electrons. The lowest BCUT2D eigenvalue weighted by Gasteiger charge is -2.30. The van der Waals surface area contributed by atoms with Gasteiger partial charge in [-0.1, -0.05) is 5.16 Å². The van der Waals surface area contributed by atoms with E-state index in [9.17, 15) is 0 Å². The summed E-state index contributed by atoms with van der Waals surface area (Å²) in [6.45, 7) is 2.01. The highest BCUT2D eigenvalue weighted by atomic mass is 16.4. The topological polar surface area (TPSA) is 63.5 Å². The second-order valence-electron chi connectivity index (χ2n) is 4.00. The van der Waals surface area contributed by atoms with Gasteiger partial charge < -0.3 is 15.5 Å². The first kappa shape index (κ1) is 9.12. The molecule has 1 unspecified atom stereocenters. The highest BCUT2D eigenvalue weighted by Crippen LogP contribution is 2.44. The fourth-order valence-corrected chi connectivity index (χ4v) is 1.94. The molecule has 0 aliphatic heterocycles. The predicted octanol–water partition coefficient (Wildman–Crippen LogP) is 1.36. The van der Waals surface area contributed by atoms with Gasteiger partial charge in [-0.2, -0.15) is 0 Å². The van der Waals surface area contributed by atoms with Crippen LogP contribution in [0.1, 0.15) is 19.8 Å². The van der Waals surface area contributed by atoms with E-state index in [1.165, 1.54) is 0 Å². The van der Waals surface area contributed by atoms with Gasteiger partial charge in [0, 0.05) is 12.4 Å². The molecular weight excluding hydrogens is 178 g/mol. The second kappa shape index (κ2) is 3.04. The van der Waals surface area contributed by atoms with E-state index in [1.54, 1.807) is 0 Å². The smallest absolute Gasteiger partial charge is 0.165 e. The molecule has 1 aliphatic carbocycles. The molecule has 1 fully saturated rings. The van der Waals surface area contributed by atoms with Gasteiger partial charge in [0.05, 0.1) is 0 Å². The zero-order valence-corrected chi connectivity index (χ0v) is 8.22. The molecule has 1 aliphatic rings. The van der Waals surface area contributed by atoms with E-state index in [4.69, 9.17) is 10.9 Å². The average molecular weight is 193 g/mol. The Morgan fingerprint density at radius 2 is 2.07 bits per heavy atom. The van der Waals surface area contributed by atoms with E-state index in [0.29, 0.717) is 5.92 Å². The van der Waals surface area contributed by atoms with E-state index in [2.05, 4.69) is 5.16 Å². The molecule has 1 heterocycles. The van der Waals surface area contributed by atoms with Crippen molar-refractivity contribution in [3.63, 3.8) is 0 Å². The third-order valence-electron chi connectivity index (χ3n) is 3.14. The van der Waals surface area contributed by atoms with E-state index in [0.717, 1.165) is 12.8 Å². The number of aromatic nitrogens is 1. The lowest BCUT2D eigenvalue weighted by atomic mass is 9.94. The van der Waals surface area contributed by atoms with Gasteiger partial charge in [-0.3, -0.25) is 0 Å². The maximum Gasteiger partial charge on any atom is 0.165 e. The number of nitrogens with zero attached hydrogens (tertiary/aromatic N) is 2. The summed E-state index contributed by atoms with van der Waals surface area (Å²) in [5.74, 6) is 0.780. The summed E-state index contributed by atoms with van der Waals surface area (Å²) >= 11 is 0. The Labute approximate surface area is 83.0 Å². The Morgan fingerprint density at radius 3 is 2.50 bits per heavy atom. The number of oxime groups is 1. The monoisotopic (exact) mass is 193 g/mol. The van der Waals surface area contributed by atoms with Crippen LogP contribution in [-0.4, -0.2) is 15.6 Å². The SMILES string of the molecule is CC(/C(N)=N/O)(C1CC1)n1cccc1. The summed E-state index contributed by atoms with van der Waals surface area (Å²) in [7, 11) is 0. The minimum Gasteiger partial charge on any atom is -0.409 e. The Morgan fingerprint density at radius 1 is 1.50 bits per heavy atom. The molecule has 0 saturated heterocycles. The van der Waals surface area contributed by atoms with Crippen molar-refractivity contribution in [3.05, 3.63) is 24.5 Å². The van der Waals surface area contributed by atoms with Crippen LogP contribution in [0.2, 0.25) is 0 Å². The average Bonchev–Trinajstić information content (AvgIpc) is 2.91. The number of rotatable bonds is 3. The van der Waals surface area contributed by atoms with E-state index < -0.39 is 0 Å². The molecule has 4 nitrogen and oxygen atoms in total. The fraction of sp³-hybridized carbons (Fsp3) is 0.500. The predicted molar refractivity (Wildman–Crippen MR) is 54.2 cm³/mol. The van der Waals surface area contributed by atoms with Gasteiger partial charge in [0.25, 0.3) is 0 Å². The standard InChI is InChI=1S/C10H15N3O/c1-10(8-4-5-8,9(11)12-14)13-6-2-3-7-13/h2-3,6-8,14H,4-5H2,1H3,(H2,11,12). The molecule has 0 aromatic carbocycles. The van der Waals surface area contributed by atoms with Crippen molar-refractivity contribution < 1.29 is 5.21 Å². The first-order valence-electron chi connectivity index (χ1n) is 4.81. The Kier molecular flexibility index (Phi) is 1.98. The minimum atomic E-state index is -0.363. The number of hydrogen-bond acceptors (Lipinski definition) is 2. The quantitative estimate of drug-likeness (QED) is 0.329. The summed E-state index contributed by atoms with van der Waals surface area (Å²) in [5, 5.41) is 11.9. The summed E-state index contributed by atoms with van der Waals surface area (Å²) in [6, 6.07) is 3.90. The van der Waals surface area contributed by atoms with Crippen molar-refractivity contribution in [3.8, 4) is 0 Å². The highest BCUT2D eigenvalue weighted by Gasteiger charge is 2.46. The Hall–Kier alpha value is -1.45. The van der Waals surface area contributed by atoms with Crippen molar-refractivity contribution in [1.29, 1.82) is 0 Å². The fourth-order valence-electron chi connectivity index (χ4n) is 1.94. The third kappa shape index (κ3) is 1.18. The van der Waals surface area contributed by atoms with Crippen LogP contribution >= 0.6 is 0 Å². The lowest BCUT2D eigenvalue weighted by Crippen LogP contribution is -2.45. The van der Waals surface area contributed by atoms with Gasteiger partial charge in [-0.25, -0.2) is 0 Å².